The highest BCUT2D eigenvalue weighted by molar-refractivity contribution is 14.1. The first-order valence-electron chi connectivity index (χ1n) is 3.95. The van der Waals surface area contributed by atoms with Gasteiger partial charge < -0.3 is 4.74 Å². The molecule has 0 N–H and O–H groups in total. The third-order valence-electron chi connectivity index (χ3n) is 1.93. The van der Waals surface area contributed by atoms with Crippen LogP contribution in [0.4, 0.5) is 0 Å². The molecule has 0 aliphatic carbocycles. The van der Waals surface area contributed by atoms with Crippen molar-refractivity contribution < 1.29 is 4.74 Å². The summed E-state index contributed by atoms with van der Waals surface area (Å²) >= 11 is 2.34. The van der Waals surface area contributed by atoms with Gasteiger partial charge in [-0.2, -0.15) is 5.26 Å². The molecule has 0 aromatic rings. The minimum absolute atomic E-state index is 0.216. The van der Waals surface area contributed by atoms with E-state index >= 15 is 0 Å². The van der Waals surface area contributed by atoms with Crippen molar-refractivity contribution in [3.63, 3.8) is 0 Å². The van der Waals surface area contributed by atoms with E-state index in [0.717, 1.165) is 10.8 Å². The van der Waals surface area contributed by atoms with E-state index in [2.05, 4.69) is 28.7 Å². The van der Waals surface area contributed by atoms with Gasteiger partial charge in [-0.25, -0.2) is 0 Å². The summed E-state index contributed by atoms with van der Waals surface area (Å²) in [4.78, 5) is 0. The third-order valence-corrected chi connectivity index (χ3v) is 2.91. The number of ether oxygens (including phenoxy) is 1. The SMILES string of the molecule is N#CCC1CCCC(CI)O1. The molecule has 0 aromatic heterocycles. The van der Waals surface area contributed by atoms with Crippen LogP contribution in [0.2, 0.25) is 0 Å². The van der Waals surface area contributed by atoms with Crippen LogP contribution >= 0.6 is 22.6 Å². The van der Waals surface area contributed by atoms with Crippen LogP contribution in [-0.2, 0) is 4.74 Å². The van der Waals surface area contributed by atoms with Crippen molar-refractivity contribution in [3.05, 3.63) is 0 Å². The zero-order valence-corrected chi connectivity index (χ0v) is 8.58. The molecule has 1 heterocycles. The number of nitrogens with zero attached hydrogens (tertiary/aromatic N) is 1. The summed E-state index contributed by atoms with van der Waals surface area (Å²) in [5, 5.41) is 8.45. The molecular weight excluding hydrogens is 253 g/mol. The number of rotatable bonds is 2. The lowest BCUT2D eigenvalue weighted by Crippen LogP contribution is -2.28. The monoisotopic (exact) mass is 265 g/mol. The van der Waals surface area contributed by atoms with E-state index in [9.17, 15) is 0 Å². The molecule has 0 aromatic carbocycles. The molecule has 2 atom stereocenters. The molecule has 1 saturated heterocycles. The molecule has 62 valence electrons. The number of hydrogen-bond acceptors (Lipinski definition) is 2. The van der Waals surface area contributed by atoms with Crippen LogP contribution in [0.15, 0.2) is 0 Å². The second-order valence-corrected chi connectivity index (χ2v) is 3.71. The Labute approximate surface area is 81.1 Å². The molecule has 1 fully saturated rings. The van der Waals surface area contributed by atoms with Crippen LogP contribution < -0.4 is 0 Å². The van der Waals surface area contributed by atoms with Crippen LogP contribution in [0.25, 0.3) is 0 Å². The van der Waals surface area contributed by atoms with Crippen LogP contribution in [0.5, 0.6) is 0 Å². The Hall–Kier alpha value is 0.180. The van der Waals surface area contributed by atoms with Crippen LogP contribution in [0, 0.1) is 11.3 Å². The van der Waals surface area contributed by atoms with Gasteiger partial charge in [-0.05, 0) is 19.3 Å². The largest absolute Gasteiger partial charge is 0.373 e. The number of hydrogen-bond donors (Lipinski definition) is 0. The van der Waals surface area contributed by atoms with Gasteiger partial charge in [0.25, 0.3) is 0 Å². The van der Waals surface area contributed by atoms with Gasteiger partial charge >= 0.3 is 0 Å². The Morgan fingerprint density at radius 3 is 2.82 bits per heavy atom. The van der Waals surface area contributed by atoms with Gasteiger partial charge in [0.1, 0.15) is 0 Å². The second kappa shape index (κ2) is 4.94. The van der Waals surface area contributed by atoms with Crippen LogP contribution in [-0.4, -0.2) is 16.6 Å². The summed E-state index contributed by atoms with van der Waals surface area (Å²) in [6, 6.07) is 2.15. The van der Waals surface area contributed by atoms with Crippen molar-refractivity contribution >= 4 is 22.6 Å². The van der Waals surface area contributed by atoms with E-state index in [1.807, 2.05) is 0 Å². The highest BCUT2D eigenvalue weighted by Crippen LogP contribution is 2.21. The fourth-order valence-corrected chi connectivity index (χ4v) is 1.99. The molecule has 0 saturated carbocycles. The Morgan fingerprint density at radius 1 is 1.45 bits per heavy atom. The molecule has 3 heteroatoms. The molecule has 2 unspecified atom stereocenters. The average Bonchev–Trinajstić information content (AvgIpc) is 2.06. The average molecular weight is 265 g/mol. The number of nitriles is 1. The Kier molecular flexibility index (Phi) is 4.16. The quantitative estimate of drug-likeness (QED) is 0.566. The smallest absolute Gasteiger partial charge is 0.0709 e. The van der Waals surface area contributed by atoms with Crippen molar-refractivity contribution in [2.24, 2.45) is 0 Å². The predicted molar refractivity (Wildman–Crippen MR) is 51.6 cm³/mol. The van der Waals surface area contributed by atoms with Gasteiger partial charge in [-0.3, -0.25) is 0 Å². The second-order valence-electron chi connectivity index (χ2n) is 2.83. The lowest BCUT2D eigenvalue weighted by atomic mass is 10.0. The Morgan fingerprint density at radius 2 is 2.18 bits per heavy atom. The van der Waals surface area contributed by atoms with Crippen molar-refractivity contribution in [1.29, 1.82) is 5.26 Å². The standard InChI is InChI=1S/C8H12INO/c9-6-8-3-1-2-7(11-8)4-5-10/h7-8H,1-4,6H2. The highest BCUT2D eigenvalue weighted by Gasteiger charge is 2.20. The van der Waals surface area contributed by atoms with Crippen molar-refractivity contribution in [2.45, 2.75) is 37.9 Å². The molecule has 0 radical (unpaired) electrons. The van der Waals surface area contributed by atoms with E-state index in [1.165, 1.54) is 12.8 Å². The fraction of sp³-hybridized carbons (Fsp3) is 0.875. The minimum atomic E-state index is 0.216. The molecule has 0 bridgehead atoms. The summed E-state index contributed by atoms with van der Waals surface area (Å²) in [6.45, 7) is 0. The number of alkyl halides is 1. The first-order valence-corrected chi connectivity index (χ1v) is 5.47. The molecule has 11 heavy (non-hydrogen) atoms. The predicted octanol–water partition coefficient (Wildman–Crippen LogP) is 2.27. The van der Waals surface area contributed by atoms with Gasteiger partial charge in [0, 0.05) is 4.43 Å². The van der Waals surface area contributed by atoms with Crippen molar-refractivity contribution in [2.75, 3.05) is 4.43 Å². The molecule has 0 spiro atoms. The number of halogens is 1. The normalized spacial score (nSPS) is 31.3. The zero-order chi connectivity index (χ0) is 8.10. The van der Waals surface area contributed by atoms with Crippen molar-refractivity contribution in [1.82, 2.24) is 0 Å². The first-order chi connectivity index (χ1) is 5.36. The highest BCUT2D eigenvalue weighted by atomic mass is 127. The first kappa shape index (κ1) is 9.27. The fourth-order valence-electron chi connectivity index (χ4n) is 1.35. The van der Waals surface area contributed by atoms with E-state index < -0.39 is 0 Å². The zero-order valence-electron chi connectivity index (χ0n) is 6.42. The Balaban J connectivity index is 2.28. The van der Waals surface area contributed by atoms with E-state index in [4.69, 9.17) is 10.00 Å². The van der Waals surface area contributed by atoms with Gasteiger partial charge in [-0.15, -0.1) is 0 Å². The van der Waals surface area contributed by atoms with Crippen LogP contribution in [0.3, 0.4) is 0 Å². The van der Waals surface area contributed by atoms with Crippen molar-refractivity contribution in [3.8, 4) is 6.07 Å². The summed E-state index contributed by atoms with van der Waals surface area (Å²) in [5.41, 5.74) is 0. The molecule has 1 aliphatic rings. The maximum atomic E-state index is 8.45. The summed E-state index contributed by atoms with van der Waals surface area (Å²) < 4.78 is 6.70. The molecule has 0 amide bonds. The Bertz CT molecular complexity index is 155. The molecular formula is C8H12INO. The lowest BCUT2D eigenvalue weighted by Gasteiger charge is -2.27. The summed E-state index contributed by atoms with van der Waals surface area (Å²) in [6.07, 6.45) is 4.65. The van der Waals surface area contributed by atoms with E-state index in [1.54, 1.807) is 0 Å². The minimum Gasteiger partial charge on any atom is -0.373 e. The summed E-state index contributed by atoms with van der Waals surface area (Å²) in [7, 11) is 0. The third kappa shape index (κ3) is 2.96. The van der Waals surface area contributed by atoms with Gasteiger partial charge in [0.2, 0.25) is 0 Å². The maximum Gasteiger partial charge on any atom is 0.0709 e. The maximum absolute atomic E-state index is 8.45. The van der Waals surface area contributed by atoms with Gasteiger partial charge in [0.15, 0.2) is 0 Å². The van der Waals surface area contributed by atoms with E-state index in [-0.39, 0.29) is 6.10 Å². The molecule has 1 rings (SSSR count). The molecule has 1 aliphatic heterocycles. The molecule has 2 nitrogen and oxygen atoms in total. The summed E-state index contributed by atoms with van der Waals surface area (Å²) in [5.74, 6) is 0. The lowest BCUT2D eigenvalue weighted by molar-refractivity contribution is -0.0327. The van der Waals surface area contributed by atoms with Gasteiger partial charge in [-0.1, -0.05) is 22.6 Å². The van der Waals surface area contributed by atoms with Gasteiger partial charge in [0.05, 0.1) is 24.7 Å². The topological polar surface area (TPSA) is 33.0 Å². The van der Waals surface area contributed by atoms with Crippen LogP contribution in [0.1, 0.15) is 25.7 Å². The van der Waals surface area contributed by atoms with E-state index in [0.29, 0.717) is 12.5 Å².